The Morgan fingerprint density at radius 2 is 1.54 bits per heavy atom. The number of aryl methyl sites for hydroxylation is 1. The summed E-state index contributed by atoms with van der Waals surface area (Å²) in [6.45, 7) is 1.72. The molecule has 4 rings (SSSR count). The number of rotatable bonds is 4. The molecule has 11 heteroatoms. The zero-order valence-electron chi connectivity index (χ0n) is 14.3. The maximum absolute atomic E-state index is 12.6. The highest BCUT2D eigenvalue weighted by atomic mass is 19.4. The fourth-order valence-corrected chi connectivity index (χ4v) is 2.36. The standard InChI is InChI=1S/C17H11F3N6O2/c1-9-23-15(27-25-9)10-2-4-12(21-7-10)6-14-24-16(28-26-14)11-3-5-13(22-8-11)17(18,19)20/h2-5,7-8H,6H2,1H3. The molecule has 0 spiro atoms. The number of hydrogen-bond donors (Lipinski definition) is 0. The number of hydrogen-bond acceptors (Lipinski definition) is 8. The van der Waals surface area contributed by atoms with Gasteiger partial charge >= 0.3 is 6.18 Å². The number of nitrogens with zero attached hydrogens (tertiary/aromatic N) is 6. The smallest absolute Gasteiger partial charge is 0.334 e. The maximum Gasteiger partial charge on any atom is 0.433 e. The minimum atomic E-state index is -4.50. The van der Waals surface area contributed by atoms with Crippen LogP contribution in [0.5, 0.6) is 0 Å². The Kier molecular flexibility index (Phi) is 4.34. The lowest BCUT2D eigenvalue weighted by Crippen LogP contribution is -2.07. The SMILES string of the molecule is Cc1noc(-c2ccc(Cc3noc(-c4ccc(C(F)(F)F)nc4)n3)nc2)n1. The van der Waals surface area contributed by atoms with Gasteiger partial charge in [0.15, 0.2) is 11.6 Å². The lowest BCUT2D eigenvalue weighted by molar-refractivity contribution is -0.141. The number of pyridine rings is 2. The molecule has 0 N–H and O–H groups in total. The summed E-state index contributed by atoms with van der Waals surface area (Å²) >= 11 is 0. The predicted molar refractivity (Wildman–Crippen MR) is 87.6 cm³/mol. The van der Waals surface area contributed by atoms with Crippen molar-refractivity contribution in [3.63, 3.8) is 0 Å². The zero-order chi connectivity index (χ0) is 19.7. The van der Waals surface area contributed by atoms with E-state index >= 15 is 0 Å². The highest BCUT2D eigenvalue weighted by molar-refractivity contribution is 5.52. The molecule has 0 unspecified atom stereocenters. The Balaban J connectivity index is 1.47. The molecule has 0 saturated heterocycles. The molecule has 4 aromatic rings. The van der Waals surface area contributed by atoms with Crippen molar-refractivity contribution < 1.29 is 22.2 Å². The van der Waals surface area contributed by atoms with Crippen LogP contribution in [-0.4, -0.2) is 30.2 Å². The molecule has 0 aliphatic rings. The second kappa shape index (κ2) is 6.83. The normalized spacial score (nSPS) is 11.7. The van der Waals surface area contributed by atoms with Gasteiger partial charge in [-0.1, -0.05) is 10.3 Å². The van der Waals surface area contributed by atoms with Crippen LogP contribution in [0.3, 0.4) is 0 Å². The van der Waals surface area contributed by atoms with Crippen LogP contribution in [0.2, 0.25) is 0 Å². The molecule has 4 aromatic heterocycles. The summed E-state index contributed by atoms with van der Waals surface area (Å²) in [6, 6.07) is 5.62. The summed E-state index contributed by atoms with van der Waals surface area (Å²) in [5.74, 6) is 1.31. The molecule has 0 atom stereocenters. The van der Waals surface area contributed by atoms with Gasteiger partial charge in [-0.2, -0.15) is 23.1 Å². The maximum atomic E-state index is 12.6. The summed E-state index contributed by atoms with van der Waals surface area (Å²) in [4.78, 5) is 16.0. The van der Waals surface area contributed by atoms with E-state index in [1.165, 1.54) is 6.07 Å². The second-order valence-corrected chi connectivity index (χ2v) is 5.81. The second-order valence-electron chi connectivity index (χ2n) is 5.81. The lowest BCUT2D eigenvalue weighted by Gasteiger charge is -2.04. The fraction of sp³-hybridized carbons (Fsp3) is 0.176. The molecule has 4 heterocycles. The van der Waals surface area contributed by atoms with Gasteiger partial charge in [0.05, 0.1) is 17.5 Å². The van der Waals surface area contributed by atoms with Gasteiger partial charge in [-0.05, 0) is 31.2 Å². The molecule has 0 aliphatic carbocycles. The summed E-state index contributed by atoms with van der Waals surface area (Å²) in [7, 11) is 0. The van der Waals surface area contributed by atoms with E-state index in [1.807, 2.05) is 0 Å². The van der Waals surface area contributed by atoms with E-state index in [-0.39, 0.29) is 12.3 Å². The van der Waals surface area contributed by atoms with Gasteiger partial charge in [0.25, 0.3) is 11.8 Å². The van der Waals surface area contributed by atoms with E-state index < -0.39 is 11.9 Å². The minimum absolute atomic E-state index is 0.0779. The van der Waals surface area contributed by atoms with Crippen molar-refractivity contribution in [1.82, 2.24) is 30.2 Å². The molecule has 0 fully saturated rings. The third-order valence-electron chi connectivity index (χ3n) is 3.71. The molecule has 28 heavy (non-hydrogen) atoms. The number of alkyl halides is 3. The van der Waals surface area contributed by atoms with E-state index in [1.54, 1.807) is 25.3 Å². The van der Waals surface area contributed by atoms with Crippen molar-refractivity contribution in [2.45, 2.75) is 19.5 Å². The first-order valence-electron chi connectivity index (χ1n) is 8.00. The highest BCUT2D eigenvalue weighted by Gasteiger charge is 2.32. The first-order valence-corrected chi connectivity index (χ1v) is 8.00. The molecular weight excluding hydrogens is 377 g/mol. The van der Waals surface area contributed by atoms with Gasteiger partial charge in [0.1, 0.15) is 5.69 Å². The average molecular weight is 388 g/mol. The van der Waals surface area contributed by atoms with Gasteiger partial charge in [0, 0.05) is 18.1 Å². The average Bonchev–Trinajstić information content (AvgIpc) is 3.31. The van der Waals surface area contributed by atoms with Crippen LogP contribution in [0, 0.1) is 6.92 Å². The minimum Gasteiger partial charge on any atom is -0.334 e. The van der Waals surface area contributed by atoms with Crippen LogP contribution < -0.4 is 0 Å². The van der Waals surface area contributed by atoms with Crippen molar-refractivity contribution in [1.29, 1.82) is 0 Å². The quantitative estimate of drug-likeness (QED) is 0.523. The summed E-state index contributed by atoms with van der Waals surface area (Å²) in [6.07, 6.45) is -1.60. The summed E-state index contributed by atoms with van der Waals surface area (Å²) < 4.78 is 47.9. The molecule has 0 saturated carbocycles. The van der Waals surface area contributed by atoms with E-state index in [0.29, 0.717) is 34.4 Å². The van der Waals surface area contributed by atoms with E-state index in [0.717, 1.165) is 12.3 Å². The molecule has 0 radical (unpaired) electrons. The largest absolute Gasteiger partial charge is 0.433 e. The van der Waals surface area contributed by atoms with E-state index in [2.05, 4.69) is 30.2 Å². The van der Waals surface area contributed by atoms with Crippen molar-refractivity contribution >= 4 is 0 Å². The molecule has 0 bridgehead atoms. The Morgan fingerprint density at radius 1 is 0.857 bits per heavy atom. The summed E-state index contributed by atoms with van der Waals surface area (Å²) in [5.41, 5.74) is 0.644. The van der Waals surface area contributed by atoms with Crippen molar-refractivity contribution in [2.75, 3.05) is 0 Å². The van der Waals surface area contributed by atoms with Crippen LogP contribution in [-0.2, 0) is 12.6 Å². The lowest BCUT2D eigenvalue weighted by atomic mass is 10.2. The summed E-state index contributed by atoms with van der Waals surface area (Å²) in [5, 5.41) is 7.55. The van der Waals surface area contributed by atoms with Gasteiger partial charge in [-0.25, -0.2) is 0 Å². The highest BCUT2D eigenvalue weighted by Crippen LogP contribution is 2.28. The van der Waals surface area contributed by atoms with Crippen molar-refractivity contribution in [2.24, 2.45) is 0 Å². The first kappa shape index (κ1) is 17.8. The van der Waals surface area contributed by atoms with E-state index in [4.69, 9.17) is 9.05 Å². The Labute approximate surface area is 155 Å². The van der Waals surface area contributed by atoms with Gasteiger partial charge in [0.2, 0.25) is 0 Å². The van der Waals surface area contributed by atoms with Crippen LogP contribution in [0.25, 0.3) is 22.9 Å². The monoisotopic (exact) mass is 388 g/mol. The molecule has 0 amide bonds. The number of aromatic nitrogens is 6. The van der Waals surface area contributed by atoms with E-state index in [9.17, 15) is 13.2 Å². The van der Waals surface area contributed by atoms with Gasteiger partial charge in [-0.3, -0.25) is 9.97 Å². The number of halogens is 3. The first-order chi connectivity index (χ1) is 13.4. The van der Waals surface area contributed by atoms with Crippen LogP contribution >= 0.6 is 0 Å². The van der Waals surface area contributed by atoms with Gasteiger partial charge in [-0.15, -0.1) is 0 Å². The topological polar surface area (TPSA) is 104 Å². The van der Waals surface area contributed by atoms with Gasteiger partial charge < -0.3 is 9.05 Å². The molecule has 0 aliphatic heterocycles. The van der Waals surface area contributed by atoms with Crippen LogP contribution in [0.1, 0.15) is 23.0 Å². The van der Waals surface area contributed by atoms with Crippen molar-refractivity contribution in [3.05, 3.63) is 59.7 Å². The predicted octanol–water partition coefficient (Wildman–Crippen LogP) is 3.49. The molecular formula is C17H11F3N6O2. The molecule has 0 aromatic carbocycles. The zero-order valence-corrected chi connectivity index (χ0v) is 14.3. The van der Waals surface area contributed by atoms with Crippen LogP contribution in [0.15, 0.2) is 45.7 Å². The molecule has 8 nitrogen and oxygen atoms in total. The third-order valence-corrected chi connectivity index (χ3v) is 3.71. The Hall–Kier alpha value is -3.63. The third kappa shape index (κ3) is 3.72. The van der Waals surface area contributed by atoms with Crippen molar-refractivity contribution in [3.8, 4) is 22.9 Å². The fourth-order valence-electron chi connectivity index (χ4n) is 2.36. The Bertz CT molecular complexity index is 1090. The Morgan fingerprint density at radius 3 is 2.11 bits per heavy atom. The van der Waals surface area contributed by atoms with Crippen LogP contribution in [0.4, 0.5) is 13.2 Å². The molecule has 142 valence electrons.